The van der Waals surface area contributed by atoms with Crippen molar-refractivity contribution in [2.45, 2.75) is 26.2 Å². The van der Waals surface area contributed by atoms with Gasteiger partial charge in [-0.2, -0.15) is 0 Å². The third-order valence-electron chi connectivity index (χ3n) is 5.24. The second-order valence-electron chi connectivity index (χ2n) is 7.18. The molecule has 0 saturated heterocycles. The molecule has 2 aromatic carbocycles. The number of rotatable bonds is 5. The molecule has 1 aromatic heterocycles. The minimum atomic E-state index is -0.410. The summed E-state index contributed by atoms with van der Waals surface area (Å²) in [6.07, 6.45) is 2.78. The fraction of sp³-hybridized carbons (Fsp3) is 0.261. The summed E-state index contributed by atoms with van der Waals surface area (Å²) in [7, 11) is 1.51. The topological polar surface area (TPSA) is 76.7 Å². The van der Waals surface area contributed by atoms with Crippen LogP contribution in [0.25, 0.3) is 10.8 Å². The molecule has 1 aliphatic carbocycles. The van der Waals surface area contributed by atoms with Gasteiger partial charge in [-0.25, -0.2) is 4.79 Å². The summed E-state index contributed by atoms with van der Waals surface area (Å²) < 4.78 is 11.4. The minimum Gasteiger partial charge on any atom is -0.495 e. The summed E-state index contributed by atoms with van der Waals surface area (Å²) in [4.78, 5) is 26.8. The molecule has 2 N–H and O–H groups in total. The molecule has 0 aliphatic heterocycles. The van der Waals surface area contributed by atoms with Crippen LogP contribution in [0, 0.1) is 0 Å². The lowest BCUT2D eigenvalue weighted by Crippen LogP contribution is -2.34. The molecule has 1 amide bonds. The van der Waals surface area contributed by atoms with Crippen LogP contribution in [-0.4, -0.2) is 30.7 Å². The number of aryl methyl sites for hydroxylation is 1. The zero-order valence-electron chi connectivity index (χ0n) is 17.5. The number of hydrogen-bond acceptors (Lipinski definition) is 6. The largest absolute Gasteiger partial charge is 0.495 e. The van der Waals surface area contributed by atoms with Gasteiger partial charge in [-0.15, -0.1) is 11.3 Å². The Kier molecular flexibility index (Phi) is 6.78. The highest BCUT2D eigenvalue weighted by Crippen LogP contribution is 2.40. The van der Waals surface area contributed by atoms with Crippen molar-refractivity contribution >= 4 is 72.2 Å². The van der Waals surface area contributed by atoms with E-state index in [0.717, 1.165) is 40.5 Å². The molecule has 166 valence electrons. The molecule has 32 heavy (non-hydrogen) atoms. The third kappa shape index (κ3) is 4.24. The molecule has 4 rings (SSSR count). The molecule has 0 radical (unpaired) electrons. The molecule has 9 heteroatoms. The maximum absolute atomic E-state index is 13.1. The van der Waals surface area contributed by atoms with Crippen molar-refractivity contribution < 1.29 is 19.1 Å². The van der Waals surface area contributed by atoms with Crippen LogP contribution in [0.1, 0.15) is 44.5 Å². The quantitative estimate of drug-likeness (QED) is 0.335. The van der Waals surface area contributed by atoms with E-state index in [1.54, 1.807) is 13.0 Å². The van der Waals surface area contributed by atoms with Gasteiger partial charge in [0.15, 0.2) is 5.11 Å². The average Bonchev–Trinajstić information content (AvgIpc) is 3.34. The number of fused-ring (bicyclic) bond motifs is 2. The van der Waals surface area contributed by atoms with Crippen LogP contribution < -0.4 is 15.4 Å². The summed E-state index contributed by atoms with van der Waals surface area (Å²) in [5, 5.41) is 8.28. The van der Waals surface area contributed by atoms with E-state index in [2.05, 4.69) is 26.6 Å². The van der Waals surface area contributed by atoms with Crippen molar-refractivity contribution in [1.29, 1.82) is 0 Å². The molecular weight excluding hydrogens is 512 g/mol. The zero-order chi connectivity index (χ0) is 22.8. The van der Waals surface area contributed by atoms with Gasteiger partial charge in [-0.3, -0.25) is 10.1 Å². The molecule has 1 heterocycles. The van der Waals surface area contributed by atoms with Crippen LogP contribution in [0.15, 0.2) is 34.8 Å². The number of thiocarbonyl (C=S) groups is 1. The van der Waals surface area contributed by atoms with Crippen molar-refractivity contribution in [3.63, 3.8) is 0 Å². The summed E-state index contributed by atoms with van der Waals surface area (Å²) >= 11 is 10.4. The lowest BCUT2D eigenvalue weighted by Gasteiger charge is -2.15. The number of benzene rings is 2. The van der Waals surface area contributed by atoms with Crippen molar-refractivity contribution in [3.8, 4) is 5.75 Å². The number of methoxy groups -OCH3 is 1. The van der Waals surface area contributed by atoms with Crippen LogP contribution in [-0.2, 0) is 17.6 Å². The minimum absolute atomic E-state index is 0.104. The molecule has 6 nitrogen and oxygen atoms in total. The number of ether oxygens (including phenoxy) is 2. The normalized spacial score (nSPS) is 12.3. The van der Waals surface area contributed by atoms with E-state index in [4.69, 9.17) is 21.7 Å². The van der Waals surface area contributed by atoms with Crippen LogP contribution >= 0.6 is 39.5 Å². The number of amides is 1. The number of halogens is 1. The second kappa shape index (κ2) is 9.56. The van der Waals surface area contributed by atoms with Gasteiger partial charge in [0.2, 0.25) is 0 Å². The Labute approximate surface area is 203 Å². The standard InChI is InChI=1S/C23H21BrN2O4S2/c1-3-30-22(28)17-14-9-6-10-16(14)32-21(17)26-23(31)25-20(27)15-11-12-7-4-5-8-13(12)18(24)19(15)29-2/h4-5,7-8,11H,3,6,9-10H2,1-2H3,(H2,25,26,27,31). The average molecular weight is 533 g/mol. The maximum atomic E-state index is 13.1. The van der Waals surface area contributed by atoms with Gasteiger partial charge in [0.05, 0.1) is 29.3 Å². The molecule has 0 saturated carbocycles. The first kappa shape index (κ1) is 22.7. The number of esters is 1. The van der Waals surface area contributed by atoms with Gasteiger partial charge in [0.25, 0.3) is 5.91 Å². The molecular formula is C23H21BrN2O4S2. The number of thiophene rings is 1. The van der Waals surface area contributed by atoms with Gasteiger partial charge in [0, 0.05) is 4.88 Å². The van der Waals surface area contributed by atoms with Crippen molar-refractivity contribution in [2.24, 2.45) is 0 Å². The van der Waals surface area contributed by atoms with E-state index in [0.29, 0.717) is 33.0 Å². The van der Waals surface area contributed by atoms with Crippen molar-refractivity contribution in [2.75, 3.05) is 19.0 Å². The van der Waals surface area contributed by atoms with Gasteiger partial charge < -0.3 is 14.8 Å². The Morgan fingerprint density at radius 3 is 2.78 bits per heavy atom. The highest BCUT2D eigenvalue weighted by atomic mass is 79.9. The number of carbonyl (C=O) groups excluding carboxylic acids is 2. The maximum Gasteiger partial charge on any atom is 0.341 e. The van der Waals surface area contributed by atoms with Crippen molar-refractivity contribution in [1.82, 2.24) is 5.32 Å². The van der Waals surface area contributed by atoms with Crippen molar-refractivity contribution in [3.05, 3.63) is 56.4 Å². The summed E-state index contributed by atoms with van der Waals surface area (Å²) in [5.74, 6) is -0.359. The molecule has 0 spiro atoms. The third-order valence-corrected chi connectivity index (χ3v) is 7.44. The summed E-state index contributed by atoms with van der Waals surface area (Å²) in [6.45, 7) is 2.07. The second-order valence-corrected chi connectivity index (χ2v) is 9.49. The Morgan fingerprint density at radius 1 is 1.25 bits per heavy atom. The predicted octanol–water partition coefficient (Wildman–Crippen LogP) is 5.46. The number of nitrogens with one attached hydrogen (secondary N) is 2. The van der Waals surface area contributed by atoms with Crippen LogP contribution in [0.3, 0.4) is 0 Å². The molecule has 1 aliphatic rings. The highest BCUT2D eigenvalue weighted by molar-refractivity contribution is 9.10. The van der Waals surface area contributed by atoms with Crippen LogP contribution in [0.2, 0.25) is 0 Å². The first-order valence-corrected chi connectivity index (χ1v) is 12.2. The van der Waals surface area contributed by atoms with Crippen LogP contribution in [0.5, 0.6) is 5.75 Å². The SMILES string of the molecule is CCOC(=O)c1c(NC(=S)NC(=O)c2cc3ccccc3c(Br)c2OC)sc2c1CCC2. The van der Waals surface area contributed by atoms with E-state index < -0.39 is 5.91 Å². The highest BCUT2D eigenvalue weighted by Gasteiger charge is 2.28. The predicted molar refractivity (Wildman–Crippen MR) is 134 cm³/mol. The summed E-state index contributed by atoms with van der Waals surface area (Å²) in [6, 6.07) is 9.46. The van der Waals surface area contributed by atoms with Gasteiger partial charge >= 0.3 is 5.97 Å². The summed E-state index contributed by atoms with van der Waals surface area (Å²) in [5.41, 5.74) is 1.89. The first-order chi connectivity index (χ1) is 15.4. The molecule has 3 aromatic rings. The fourth-order valence-corrected chi connectivity index (χ4v) is 6.15. The number of anilines is 1. The molecule has 0 bridgehead atoms. The molecule has 0 fully saturated rings. The number of hydrogen-bond donors (Lipinski definition) is 2. The molecule has 0 atom stereocenters. The van der Waals surface area contributed by atoms with E-state index >= 15 is 0 Å². The lowest BCUT2D eigenvalue weighted by atomic mass is 10.1. The first-order valence-electron chi connectivity index (χ1n) is 10.1. The van der Waals surface area contributed by atoms with E-state index in [1.807, 2.05) is 24.3 Å². The number of carbonyl (C=O) groups is 2. The Morgan fingerprint density at radius 2 is 2.03 bits per heavy atom. The Balaban J connectivity index is 1.58. The van der Waals surface area contributed by atoms with E-state index in [9.17, 15) is 9.59 Å². The van der Waals surface area contributed by atoms with Gasteiger partial charge in [0.1, 0.15) is 10.8 Å². The lowest BCUT2D eigenvalue weighted by molar-refractivity contribution is 0.0527. The Bertz CT molecular complexity index is 1240. The molecule has 0 unspecified atom stereocenters. The monoisotopic (exact) mass is 532 g/mol. The van der Waals surface area contributed by atoms with E-state index in [-0.39, 0.29) is 11.1 Å². The zero-order valence-corrected chi connectivity index (χ0v) is 20.8. The fourth-order valence-electron chi connectivity index (χ4n) is 3.87. The Hall–Kier alpha value is -2.49. The van der Waals surface area contributed by atoms with E-state index in [1.165, 1.54) is 18.4 Å². The van der Waals surface area contributed by atoms with Gasteiger partial charge in [-0.05, 0) is 76.7 Å². The smallest absolute Gasteiger partial charge is 0.341 e. The van der Waals surface area contributed by atoms with Gasteiger partial charge in [-0.1, -0.05) is 24.3 Å². The van der Waals surface area contributed by atoms with Crippen LogP contribution in [0.4, 0.5) is 5.00 Å².